The fourth-order valence-corrected chi connectivity index (χ4v) is 3.86. The largest absolute Gasteiger partial charge is 0.393 e. The number of carbonyl (C=O) groups is 1. The first-order valence-electron chi connectivity index (χ1n) is 8.14. The molecule has 1 amide bonds. The predicted molar refractivity (Wildman–Crippen MR) is 87.6 cm³/mol. The molecule has 2 aliphatic rings. The van der Waals surface area contributed by atoms with Crippen molar-refractivity contribution in [2.24, 2.45) is 0 Å². The summed E-state index contributed by atoms with van der Waals surface area (Å²) in [7, 11) is 5.55. The van der Waals surface area contributed by atoms with E-state index in [1.54, 1.807) is 13.3 Å². The van der Waals surface area contributed by atoms with Gasteiger partial charge in [0.15, 0.2) is 0 Å². The number of fused-ring (bicyclic) bond motifs is 1. The lowest BCUT2D eigenvalue weighted by Crippen LogP contribution is -2.52. The standard InChI is InChI=1S/C17H25N3O3/c1-19(2)15-5-4-12(11-18-15)16(22)20-9-8-17(23-3)7-6-13(21)10-14(17)20/h4-5,11,13-14,21H,6-10H2,1-3H3/t13-,14-,17+/m0/s1. The number of amides is 1. The van der Waals surface area contributed by atoms with Gasteiger partial charge >= 0.3 is 0 Å². The molecular formula is C17H25N3O3. The monoisotopic (exact) mass is 319 g/mol. The van der Waals surface area contributed by atoms with Gasteiger partial charge in [0.2, 0.25) is 0 Å². The summed E-state index contributed by atoms with van der Waals surface area (Å²) < 4.78 is 5.79. The number of nitrogens with zero attached hydrogens (tertiary/aromatic N) is 3. The molecule has 3 rings (SSSR count). The van der Waals surface area contributed by atoms with E-state index in [1.165, 1.54) is 0 Å². The number of anilines is 1. The summed E-state index contributed by atoms with van der Waals surface area (Å²) in [4.78, 5) is 21.0. The molecule has 1 aromatic rings. The summed E-state index contributed by atoms with van der Waals surface area (Å²) in [5.41, 5.74) is 0.286. The number of rotatable bonds is 3. The zero-order valence-corrected chi connectivity index (χ0v) is 14.0. The second-order valence-electron chi connectivity index (χ2n) is 6.76. The second-order valence-corrected chi connectivity index (χ2v) is 6.76. The number of methoxy groups -OCH3 is 1. The molecule has 1 N–H and O–H groups in total. The Labute approximate surface area is 137 Å². The predicted octanol–water partition coefficient (Wildman–Crippen LogP) is 1.29. The van der Waals surface area contributed by atoms with Crippen LogP contribution < -0.4 is 4.90 Å². The van der Waals surface area contributed by atoms with Crippen LogP contribution in [0.1, 0.15) is 36.0 Å². The smallest absolute Gasteiger partial charge is 0.255 e. The van der Waals surface area contributed by atoms with Gasteiger partial charge in [0.05, 0.1) is 23.3 Å². The molecule has 3 atom stereocenters. The average Bonchev–Trinajstić information content (AvgIpc) is 2.93. The van der Waals surface area contributed by atoms with Gasteiger partial charge in [0, 0.05) is 33.9 Å². The number of aliphatic hydroxyl groups is 1. The topological polar surface area (TPSA) is 65.9 Å². The van der Waals surface area contributed by atoms with Gasteiger partial charge in [-0.3, -0.25) is 4.79 Å². The minimum absolute atomic E-state index is 0.0270. The molecule has 1 saturated carbocycles. The highest BCUT2D eigenvalue weighted by atomic mass is 16.5. The van der Waals surface area contributed by atoms with Crippen LogP contribution in [0.2, 0.25) is 0 Å². The zero-order valence-electron chi connectivity index (χ0n) is 14.0. The van der Waals surface area contributed by atoms with Gasteiger partial charge in [-0.1, -0.05) is 0 Å². The van der Waals surface area contributed by atoms with Crippen molar-refractivity contribution in [3.05, 3.63) is 23.9 Å². The average molecular weight is 319 g/mol. The first-order valence-corrected chi connectivity index (χ1v) is 8.14. The maximum Gasteiger partial charge on any atom is 0.255 e. The molecule has 6 nitrogen and oxygen atoms in total. The molecule has 6 heteroatoms. The van der Waals surface area contributed by atoms with Crippen LogP contribution in [0, 0.1) is 0 Å². The number of ether oxygens (including phenoxy) is 1. The highest BCUT2D eigenvalue weighted by Gasteiger charge is 2.52. The van der Waals surface area contributed by atoms with Crippen LogP contribution in [0.5, 0.6) is 0 Å². The van der Waals surface area contributed by atoms with Gasteiger partial charge in [-0.05, 0) is 37.8 Å². The van der Waals surface area contributed by atoms with E-state index in [1.807, 2.05) is 36.0 Å². The number of likely N-dealkylation sites (tertiary alicyclic amines) is 1. The number of hydrogen-bond donors (Lipinski definition) is 1. The van der Waals surface area contributed by atoms with Crippen molar-refractivity contribution in [2.75, 3.05) is 32.6 Å². The summed E-state index contributed by atoms with van der Waals surface area (Å²) in [5, 5.41) is 10.0. The van der Waals surface area contributed by atoms with E-state index in [0.717, 1.165) is 25.1 Å². The maximum atomic E-state index is 12.9. The van der Waals surface area contributed by atoms with Crippen LogP contribution in [-0.2, 0) is 4.74 Å². The molecule has 2 fully saturated rings. The Hall–Kier alpha value is -1.66. The molecule has 2 heterocycles. The Morgan fingerprint density at radius 2 is 2.22 bits per heavy atom. The van der Waals surface area contributed by atoms with E-state index >= 15 is 0 Å². The van der Waals surface area contributed by atoms with Crippen LogP contribution in [-0.4, -0.2) is 66.4 Å². The Bertz CT molecular complexity index is 575. The molecule has 1 saturated heterocycles. The molecule has 1 aliphatic carbocycles. The fourth-order valence-electron chi connectivity index (χ4n) is 3.86. The lowest BCUT2D eigenvalue weighted by atomic mass is 9.79. The van der Waals surface area contributed by atoms with E-state index in [4.69, 9.17) is 4.74 Å². The van der Waals surface area contributed by atoms with E-state index < -0.39 is 0 Å². The van der Waals surface area contributed by atoms with Crippen LogP contribution >= 0.6 is 0 Å². The van der Waals surface area contributed by atoms with Crippen LogP contribution in [0.15, 0.2) is 18.3 Å². The third-order valence-corrected chi connectivity index (χ3v) is 5.28. The van der Waals surface area contributed by atoms with Gasteiger partial charge in [-0.15, -0.1) is 0 Å². The van der Waals surface area contributed by atoms with Crippen LogP contribution in [0.25, 0.3) is 0 Å². The van der Waals surface area contributed by atoms with Crippen molar-refractivity contribution >= 4 is 11.7 Å². The Balaban J connectivity index is 1.82. The third kappa shape index (κ3) is 2.81. The molecule has 0 bridgehead atoms. The third-order valence-electron chi connectivity index (χ3n) is 5.28. The SMILES string of the molecule is CO[C@@]12CC[C@H](O)C[C@@H]1N(C(=O)c1ccc(N(C)C)nc1)CC2. The lowest BCUT2D eigenvalue weighted by molar-refractivity contribution is -0.0824. The summed E-state index contributed by atoms with van der Waals surface area (Å²) in [6, 6.07) is 3.61. The Morgan fingerprint density at radius 3 is 2.83 bits per heavy atom. The fraction of sp³-hybridized carbons (Fsp3) is 0.647. The molecule has 0 spiro atoms. The number of aliphatic hydroxyl groups excluding tert-OH is 1. The zero-order chi connectivity index (χ0) is 16.6. The van der Waals surface area contributed by atoms with E-state index in [2.05, 4.69) is 4.98 Å². The van der Waals surface area contributed by atoms with E-state index in [-0.39, 0.29) is 23.7 Å². The second kappa shape index (κ2) is 6.09. The molecule has 23 heavy (non-hydrogen) atoms. The summed E-state index contributed by atoms with van der Waals surface area (Å²) >= 11 is 0. The quantitative estimate of drug-likeness (QED) is 0.909. The minimum atomic E-state index is -0.356. The first kappa shape index (κ1) is 16.2. The highest BCUT2D eigenvalue weighted by molar-refractivity contribution is 5.94. The molecule has 1 aliphatic heterocycles. The highest BCUT2D eigenvalue weighted by Crippen LogP contribution is 2.42. The van der Waals surface area contributed by atoms with Gasteiger partial charge < -0.3 is 19.6 Å². The van der Waals surface area contributed by atoms with Crippen molar-refractivity contribution in [1.82, 2.24) is 9.88 Å². The van der Waals surface area contributed by atoms with Crippen molar-refractivity contribution in [1.29, 1.82) is 0 Å². The summed E-state index contributed by atoms with van der Waals surface area (Å²) in [5.74, 6) is 0.795. The summed E-state index contributed by atoms with van der Waals surface area (Å²) in [6.45, 7) is 0.666. The van der Waals surface area contributed by atoms with E-state index in [9.17, 15) is 9.90 Å². The Kier molecular flexibility index (Phi) is 4.29. The Morgan fingerprint density at radius 1 is 1.43 bits per heavy atom. The van der Waals surface area contributed by atoms with Crippen molar-refractivity contribution in [3.63, 3.8) is 0 Å². The first-order chi connectivity index (χ1) is 11.0. The van der Waals surface area contributed by atoms with Crippen LogP contribution in [0.3, 0.4) is 0 Å². The van der Waals surface area contributed by atoms with Gasteiger partial charge in [0.1, 0.15) is 5.82 Å². The van der Waals surface area contributed by atoms with Crippen molar-refractivity contribution < 1.29 is 14.6 Å². The number of aromatic nitrogens is 1. The molecule has 0 unspecified atom stereocenters. The number of carbonyl (C=O) groups excluding carboxylic acids is 1. The van der Waals surface area contributed by atoms with Crippen molar-refractivity contribution in [2.45, 2.75) is 43.4 Å². The molecule has 0 radical (unpaired) electrons. The van der Waals surface area contributed by atoms with Gasteiger partial charge in [-0.25, -0.2) is 4.98 Å². The number of pyridine rings is 1. The molecule has 0 aromatic carbocycles. The minimum Gasteiger partial charge on any atom is -0.393 e. The lowest BCUT2D eigenvalue weighted by Gasteiger charge is -2.42. The maximum absolute atomic E-state index is 12.9. The van der Waals surface area contributed by atoms with Gasteiger partial charge in [-0.2, -0.15) is 0 Å². The summed E-state index contributed by atoms with van der Waals surface area (Å²) in [6.07, 6.45) is 4.23. The van der Waals surface area contributed by atoms with Crippen LogP contribution in [0.4, 0.5) is 5.82 Å². The molecule has 126 valence electrons. The number of hydrogen-bond acceptors (Lipinski definition) is 5. The van der Waals surface area contributed by atoms with Gasteiger partial charge in [0.25, 0.3) is 5.91 Å². The molecular weight excluding hydrogens is 294 g/mol. The molecule has 1 aromatic heterocycles. The van der Waals surface area contributed by atoms with Crippen molar-refractivity contribution in [3.8, 4) is 0 Å². The normalized spacial score (nSPS) is 30.2. The van der Waals surface area contributed by atoms with E-state index in [0.29, 0.717) is 18.5 Å².